The molecule has 1 nitrogen and oxygen atoms in total. The van der Waals surface area contributed by atoms with Gasteiger partial charge in [-0.15, -0.1) is 0 Å². The Bertz CT molecular complexity index is 1820. The van der Waals surface area contributed by atoms with Crippen molar-refractivity contribution in [3.63, 3.8) is 0 Å². The van der Waals surface area contributed by atoms with E-state index in [9.17, 15) is 0 Å². The molecule has 0 aromatic heterocycles. The fraction of sp³-hybridized carbons (Fsp3) is 0.150. The van der Waals surface area contributed by atoms with Gasteiger partial charge in [0.2, 0.25) is 0 Å². The van der Waals surface area contributed by atoms with Crippen LogP contribution in [0.4, 0.5) is 5.69 Å². The van der Waals surface area contributed by atoms with Gasteiger partial charge in [-0.25, -0.2) is 0 Å². The summed E-state index contributed by atoms with van der Waals surface area (Å²) in [4.78, 5) is 0. The van der Waals surface area contributed by atoms with Gasteiger partial charge in [-0.1, -0.05) is 135 Å². The molecule has 0 bridgehead atoms. The van der Waals surface area contributed by atoms with E-state index in [1.54, 1.807) is 0 Å². The Morgan fingerprint density at radius 2 is 1.15 bits per heavy atom. The van der Waals surface area contributed by atoms with Crippen molar-refractivity contribution in [2.24, 2.45) is 5.92 Å². The van der Waals surface area contributed by atoms with E-state index in [4.69, 9.17) is 0 Å². The average molecular weight is 528 g/mol. The second kappa shape index (κ2) is 8.94. The largest absolute Gasteiger partial charge is 0.359 e. The number of benzene rings is 5. The van der Waals surface area contributed by atoms with Gasteiger partial charge in [0.05, 0.1) is 5.41 Å². The number of allylic oxidation sites excluding steroid dienone is 4. The predicted octanol–water partition coefficient (Wildman–Crippen LogP) is 9.74. The maximum atomic E-state index is 3.87. The van der Waals surface area contributed by atoms with Gasteiger partial charge in [-0.3, -0.25) is 0 Å². The van der Waals surface area contributed by atoms with E-state index < -0.39 is 0 Å². The maximum absolute atomic E-state index is 3.87. The molecule has 198 valence electrons. The summed E-state index contributed by atoms with van der Waals surface area (Å²) in [5.74, 6) is 0.285. The monoisotopic (exact) mass is 527 g/mol. The first kappa shape index (κ1) is 24.2. The van der Waals surface area contributed by atoms with Crippen molar-refractivity contribution >= 4 is 11.3 Å². The normalized spacial score (nSPS) is 18.8. The molecule has 0 aliphatic heterocycles. The molecule has 0 saturated heterocycles. The molecule has 0 saturated carbocycles. The van der Waals surface area contributed by atoms with Crippen LogP contribution < -0.4 is 5.32 Å². The van der Waals surface area contributed by atoms with Crippen LogP contribution >= 0.6 is 0 Å². The third-order valence-corrected chi connectivity index (χ3v) is 9.80. The summed E-state index contributed by atoms with van der Waals surface area (Å²) < 4.78 is 0. The van der Waals surface area contributed by atoms with Crippen LogP contribution in [0.1, 0.15) is 53.6 Å². The second-order valence-corrected chi connectivity index (χ2v) is 12.2. The molecule has 5 aromatic carbocycles. The fourth-order valence-corrected chi connectivity index (χ4v) is 7.98. The fourth-order valence-electron chi connectivity index (χ4n) is 7.98. The molecule has 8 rings (SSSR count). The minimum Gasteiger partial charge on any atom is -0.359 e. The minimum atomic E-state index is -0.256. The van der Waals surface area contributed by atoms with E-state index in [2.05, 4.69) is 159 Å². The lowest BCUT2D eigenvalue weighted by Gasteiger charge is -2.40. The Morgan fingerprint density at radius 1 is 0.561 bits per heavy atom. The van der Waals surface area contributed by atoms with Crippen LogP contribution in [0.2, 0.25) is 0 Å². The Kier molecular flexibility index (Phi) is 5.28. The number of nitrogens with one attached hydrogen (secondary N) is 1. The molecule has 5 aromatic rings. The number of rotatable bonds is 4. The van der Waals surface area contributed by atoms with Crippen molar-refractivity contribution in [2.75, 3.05) is 5.32 Å². The zero-order valence-corrected chi connectivity index (χ0v) is 23.6. The van der Waals surface area contributed by atoms with Gasteiger partial charge in [-0.05, 0) is 74.7 Å². The Hall–Kier alpha value is -4.62. The minimum absolute atomic E-state index is 0.0134. The van der Waals surface area contributed by atoms with Gasteiger partial charge < -0.3 is 5.32 Å². The molecular formula is C40H33N. The van der Waals surface area contributed by atoms with Crippen LogP contribution in [0.25, 0.3) is 16.7 Å². The molecule has 1 heteroatoms. The highest BCUT2D eigenvalue weighted by atomic mass is 14.9. The van der Waals surface area contributed by atoms with Gasteiger partial charge in [0.15, 0.2) is 0 Å². The summed E-state index contributed by atoms with van der Waals surface area (Å²) >= 11 is 0. The summed E-state index contributed by atoms with van der Waals surface area (Å²) in [7, 11) is 0. The first-order valence-electron chi connectivity index (χ1n) is 14.7. The summed E-state index contributed by atoms with van der Waals surface area (Å²) in [6, 6.07) is 47.1. The standard InChI is InChI=1S/C40H33N/c1-39(2)35-19-11-9-17-31(35)33-23-21-29(25-37(33)39)41-30-22-24-34-32-18-10-12-20-36(32)40(38(34)26-30,27-13-5-3-6-14-27)28-15-7-4-8-16-28/h3-25,38,41H,26H2,1-2H3. The van der Waals surface area contributed by atoms with Crippen molar-refractivity contribution in [3.05, 3.63) is 179 Å². The van der Waals surface area contributed by atoms with E-state index in [1.165, 1.54) is 55.8 Å². The van der Waals surface area contributed by atoms with Crippen molar-refractivity contribution in [1.29, 1.82) is 0 Å². The third kappa shape index (κ3) is 3.42. The smallest absolute Gasteiger partial charge is 0.0529 e. The Labute approximate surface area is 242 Å². The maximum Gasteiger partial charge on any atom is 0.0529 e. The summed E-state index contributed by atoms with van der Waals surface area (Å²) in [6.07, 6.45) is 5.61. The van der Waals surface area contributed by atoms with Crippen LogP contribution in [-0.2, 0) is 10.8 Å². The quantitative estimate of drug-likeness (QED) is 0.245. The van der Waals surface area contributed by atoms with E-state index in [-0.39, 0.29) is 16.7 Å². The van der Waals surface area contributed by atoms with Gasteiger partial charge in [0, 0.05) is 22.7 Å². The van der Waals surface area contributed by atoms with Gasteiger partial charge >= 0.3 is 0 Å². The second-order valence-electron chi connectivity index (χ2n) is 12.2. The van der Waals surface area contributed by atoms with E-state index in [0.717, 1.165) is 12.1 Å². The molecule has 0 fully saturated rings. The molecule has 0 spiro atoms. The highest BCUT2D eigenvalue weighted by molar-refractivity contribution is 5.85. The predicted molar refractivity (Wildman–Crippen MR) is 171 cm³/mol. The molecule has 0 radical (unpaired) electrons. The molecule has 0 amide bonds. The third-order valence-electron chi connectivity index (χ3n) is 9.80. The first-order chi connectivity index (χ1) is 20.1. The molecule has 1 atom stereocenters. The topological polar surface area (TPSA) is 12.0 Å². The average Bonchev–Trinajstić information content (AvgIpc) is 3.44. The highest BCUT2D eigenvalue weighted by Gasteiger charge is 2.52. The molecule has 1 N–H and O–H groups in total. The van der Waals surface area contributed by atoms with Crippen LogP contribution in [0.5, 0.6) is 0 Å². The molecule has 41 heavy (non-hydrogen) atoms. The summed E-state index contributed by atoms with van der Waals surface area (Å²) in [6.45, 7) is 4.69. The van der Waals surface area contributed by atoms with E-state index in [0.29, 0.717) is 0 Å². The zero-order valence-electron chi connectivity index (χ0n) is 23.6. The van der Waals surface area contributed by atoms with Crippen molar-refractivity contribution in [3.8, 4) is 11.1 Å². The summed E-state index contributed by atoms with van der Waals surface area (Å²) in [5, 5.41) is 3.87. The van der Waals surface area contributed by atoms with Crippen LogP contribution in [0, 0.1) is 5.92 Å². The molecule has 0 heterocycles. The lowest BCUT2D eigenvalue weighted by atomic mass is 9.63. The van der Waals surface area contributed by atoms with Crippen molar-refractivity contribution in [2.45, 2.75) is 31.1 Å². The molecule has 3 aliphatic rings. The Balaban J connectivity index is 1.23. The van der Waals surface area contributed by atoms with Crippen molar-refractivity contribution < 1.29 is 0 Å². The highest BCUT2D eigenvalue weighted by Crippen LogP contribution is 2.60. The molecule has 3 aliphatic carbocycles. The van der Waals surface area contributed by atoms with E-state index in [1.807, 2.05) is 0 Å². The molecule has 1 unspecified atom stereocenters. The van der Waals surface area contributed by atoms with Crippen LogP contribution in [0.3, 0.4) is 0 Å². The SMILES string of the molecule is CC1(C)c2ccccc2-c2ccc(NC3=CC=C4c5ccccc5C(c5ccccc5)(c5ccccc5)C4C3)cc21. The van der Waals surface area contributed by atoms with Crippen LogP contribution in [-0.4, -0.2) is 0 Å². The number of fused-ring (bicyclic) bond motifs is 6. The lowest BCUT2D eigenvalue weighted by molar-refractivity contribution is 0.476. The number of hydrogen-bond donors (Lipinski definition) is 1. The van der Waals surface area contributed by atoms with E-state index >= 15 is 0 Å². The molecular weight excluding hydrogens is 494 g/mol. The van der Waals surface area contributed by atoms with Gasteiger partial charge in [0.1, 0.15) is 0 Å². The van der Waals surface area contributed by atoms with Crippen LogP contribution in [0.15, 0.2) is 145 Å². The van der Waals surface area contributed by atoms with Gasteiger partial charge in [0.25, 0.3) is 0 Å². The lowest BCUT2D eigenvalue weighted by Crippen LogP contribution is -2.35. The van der Waals surface area contributed by atoms with Gasteiger partial charge in [-0.2, -0.15) is 0 Å². The zero-order chi connectivity index (χ0) is 27.6. The summed E-state index contributed by atoms with van der Waals surface area (Å²) in [5.41, 5.74) is 14.6. The number of anilines is 1. The Morgan fingerprint density at radius 3 is 1.85 bits per heavy atom. The van der Waals surface area contributed by atoms with Crippen molar-refractivity contribution in [1.82, 2.24) is 0 Å². The first-order valence-corrected chi connectivity index (χ1v) is 14.7. The number of hydrogen-bond acceptors (Lipinski definition) is 1.